The van der Waals surface area contributed by atoms with E-state index in [1.807, 2.05) is 0 Å². The van der Waals surface area contributed by atoms with Crippen molar-refractivity contribution in [2.75, 3.05) is 9.74 Å². The predicted molar refractivity (Wildman–Crippen MR) is 108 cm³/mol. The lowest BCUT2D eigenvalue weighted by Crippen LogP contribution is -2.19. The number of halogens is 3. The maximum absolute atomic E-state index is 13.5. The number of carbonyl (C=O) groups excluding carboxylic acids is 1. The average molecular weight is 500 g/mol. The van der Waals surface area contributed by atoms with Gasteiger partial charge in [0.15, 0.2) is 17.0 Å². The van der Waals surface area contributed by atoms with Crippen molar-refractivity contribution in [2.45, 2.75) is 38.2 Å². The number of fused-ring (bicyclic) bond motifs is 1. The Hall–Kier alpha value is -2.11. The summed E-state index contributed by atoms with van der Waals surface area (Å²) in [6, 6.07) is 1.79. The highest BCUT2D eigenvalue weighted by Gasteiger charge is 2.27. The Morgan fingerprint density at radius 2 is 2.07 bits per heavy atom. The van der Waals surface area contributed by atoms with Crippen LogP contribution in [0.3, 0.4) is 0 Å². The quantitative estimate of drug-likeness (QED) is 0.419. The van der Waals surface area contributed by atoms with E-state index in [0.717, 1.165) is 30.1 Å². The lowest BCUT2D eigenvalue weighted by Gasteiger charge is -2.27. The van der Waals surface area contributed by atoms with Gasteiger partial charge >= 0.3 is 0 Å². The zero-order valence-corrected chi connectivity index (χ0v) is 17.1. The number of hydrogen-bond donors (Lipinski definition) is 1. The van der Waals surface area contributed by atoms with Crippen LogP contribution in [0, 0.1) is 5.92 Å². The normalized spacial score (nSPS) is 20.0. The van der Waals surface area contributed by atoms with E-state index in [0.29, 0.717) is 11.6 Å². The number of anilines is 1. The molecule has 4 rings (SSSR count). The van der Waals surface area contributed by atoms with Gasteiger partial charge in [-0.3, -0.25) is 13.9 Å². The van der Waals surface area contributed by atoms with Crippen molar-refractivity contribution in [1.82, 2.24) is 24.1 Å². The molecule has 1 aliphatic rings. The Morgan fingerprint density at radius 1 is 1.29 bits per heavy atom. The van der Waals surface area contributed by atoms with Gasteiger partial charge in [0.2, 0.25) is 0 Å². The number of carbonyl (C=O) groups is 1. The molecule has 0 aromatic carbocycles. The molecule has 0 atom stereocenters. The topological polar surface area (TPSA) is 77.1 Å². The molecule has 0 spiro atoms. The van der Waals surface area contributed by atoms with E-state index < -0.39 is 18.0 Å². The molecule has 148 valence electrons. The number of rotatable bonds is 5. The number of nitrogens with zero attached hydrogens (tertiary/aromatic N) is 5. The molecule has 0 unspecified atom stereocenters. The van der Waals surface area contributed by atoms with E-state index in [9.17, 15) is 13.6 Å². The van der Waals surface area contributed by atoms with Crippen LogP contribution in [0.2, 0.25) is 0 Å². The fourth-order valence-corrected chi connectivity index (χ4v) is 4.47. The number of amides is 1. The fraction of sp³-hybridized carbons (Fsp3) is 0.444. The maximum atomic E-state index is 13.5. The molecule has 3 aromatic rings. The lowest BCUT2D eigenvalue weighted by molar-refractivity contribution is 0.102. The first-order chi connectivity index (χ1) is 13.6. The third-order valence-corrected chi connectivity index (χ3v) is 6.38. The highest BCUT2D eigenvalue weighted by atomic mass is 127. The van der Waals surface area contributed by atoms with Gasteiger partial charge in [-0.2, -0.15) is 5.10 Å². The first-order valence-corrected chi connectivity index (χ1v) is 10.6. The standard InChI is InChI=1S/C18H19F2IN6O/c19-16(20)14-13(9-27(25-14)12-4-2-11(8-21)3-5-12)24-18(28)15-17-22-6-1-7-26(17)10-23-15/h1,6-7,9-12,16H,2-5,8H2,(H,24,28)/t11-,12-. The average Bonchev–Trinajstić information content (AvgIpc) is 3.32. The van der Waals surface area contributed by atoms with Gasteiger partial charge in [0, 0.05) is 23.0 Å². The third kappa shape index (κ3) is 3.74. The molecule has 3 aromatic heterocycles. The zero-order valence-electron chi connectivity index (χ0n) is 14.9. The summed E-state index contributed by atoms with van der Waals surface area (Å²) in [5.41, 5.74) is 0.0492. The second-order valence-corrected chi connectivity index (χ2v) is 7.82. The zero-order chi connectivity index (χ0) is 19.7. The van der Waals surface area contributed by atoms with Gasteiger partial charge in [-0.05, 0) is 37.7 Å². The summed E-state index contributed by atoms with van der Waals surface area (Å²) in [5, 5.41) is 6.64. The Balaban J connectivity index is 1.57. The van der Waals surface area contributed by atoms with E-state index in [1.54, 1.807) is 27.5 Å². The molecule has 1 fully saturated rings. The van der Waals surface area contributed by atoms with Crippen molar-refractivity contribution >= 4 is 39.8 Å². The minimum Gasteiger partial charge on any atom is -0.317 e. The molecule has 1 amide bonds. The first kappa shape index (κ1) is 19.2. The highest BCUT2D eigenvalue weighted by molar-refractivity contribution is 14.1. The van der Waals surface area contributed by atoms with Crippen LogP contribution < -0.4 is 5.32 Å². The Labute approximate surface area is 173 Å². The summed E-state index contributed by atoms with van der Waals surface area (Å²) in [6.07, 6.45) is 7.38. The highest BCUT2D eigenvalue weighted by Crippen LogP contribution is 2.35. The monoisotopic (exact) mass is 500 g/mol. The van der Waals surface area contributed by atoms with Crippen molar-refractivity contribution in [2.24, 2.45) is 5.92 Å². The molecular formula is C18H19F2IN6O. The summed E-state index contributed by atoms with van der Waals surface area (Å²) in [6.45, 7) is 0. The van der Waals surface area contributed by atoms with E-state index in [1.165, 1.54) is 12.5 Å². The molecule has 3 heterocycles. The molecule has 0 bridgehead atoms. The molecule has 28 heavy (non-hydrogen) atoms. The number of aromatic nitrogens is 5. The van der Waals surface area contributed by atoms with Crippen molar-refractivity contribution in [1.29, 1.82) is 0 Å². The van der Waals surface area contributed by atoms with Crippen LogP contribution in [0.1, 0.15) is 54.3 Å². The van der Waals surface area contributed by atoms with Crippen LogP contribution in [0.5, 0.6) is 0 Å². The van der Waals surface area contributed by atoms with Crippen LogP contribution in [-0.4, -0.2) is 34.5 Å². The first-order valence-electron chi connectivity index (χ1n) is 9.09. The number of imidazole rings is 1. The van der Waals surface area contributed by atoms with Crippen LogP contribution >= 0.6 is 22.6 Å². The summed E-state index contributed by atoms with van der Waals surface area (Å²) >= 11 is 2.39. The van der Waals surface area contributed by atoms with E-state index >= 15 is 0 Å². The van der Waals surface area contributed by atoms with Crippen LogP contribution in [0.4, 0.5) is 14.5 Å². The second-order valence-electron chi connectivity index (χ2n) is 6.94. The molecular weight excluding hydrogens is 481 g/mol. The maximum Gasteiger partial charge on any atom is 0.284 e. The Bertz CT molecular complexity index is 980. The van der Waals surface area contributed by atoms with Gasteiger partial charge < -0.3 is 5.32 Å². The minimum atomic E-state index is -2.78. The van der Waals surface area contributed by atoms with E-state index in [4.69, 9.17) is 0 Å². The number of hydrogen-bond acceptors (Lipinski definition) is 4. The Morgan fingerprint density at radius 3 is 2.79 bits per heavy atom. The molecule has 0 radical (unpaired) electrons. The van der Waals surface area contributed by atoms with Crippen LogP contribution in [0.15, 0.2) is 31.0 Å². The van der Waals surface area contributed by atoms with Crippen LogP contribution in [-0.2, 0) is 0 Å². The van der Waals surface area contributed by atoms with Gasteiger partial charge in [0.05, 0.1) is 11.7 Å². The molecule has 1 aliphatic carbocycles. The summed E-state index contributed by atoms with van der Waals surface area (Å²) in [7, 11) is 0. The second kappa shape index (κ2) is 8.10. The van der Waals surface area contributed by atoms with Gasteiger partial charge in [0.25, 0.3) is 12.3 Å². The smallest absolute Gasteiger partial charge is 0.284 e. The van der Waals surface area contributed by atoms with E-state index in [2.05, 4.69) is 43.0 Å². The minimum absolute atomic E-state index is 0.0214. The van der Waals surface area contributed by atoms with Gasteiger partial charge in [-0.15, -0.1) is 0 Å². The summed E-state index contributed by atoms with van der Waals surface area (Å²) in [4.78, 5) is 20.8. The van der Waals surface area contributed by atoms with Gasteiger partial charge in [-0.25, -0.2) is 18.7 Å². The van der Waals surface area contributed by atoms with E-state index in [-0.39, 0.29) is 17.4 Å². The summed E-state index contributed by atoms with van der Waals surface area (Å²) < 4.78 is 31.3. The van der Waals surface area contributed by atoms with Crippen molar-refractivity contribution < 1.29 is 13.6 Å². The largest absolute Gasteiger partial charge is 0.317 e. The number of alkyl halides is 3. The SMILES string of the molecule is O=C(Nc1cn([C@H]2CC[C@H](CI)CC2)nc1C(F)F)c1ncn2cccnc12. The summed E-state index contributed by atoms with van der Waals surface area (Å²) in [5.74, 6) is 0.0964. The molecule has 7 nitrogen and oxygen atoms in total. The fourth-order valence-electron chi connectivity index (χ4n) is 3.59. The van der Waals surface area contributed by atoms with Crippen molar-refractivity contribution in [3.05, 3.63) is 42.4 Å². The molecule has 10 heteroatoms. The lowest BCUT2D eigenvalue weighted by atomic mass is 9.87. The van der Waals surface area contributed by atoms with Crippen LogP contribution in [0.25, 0.3) is 5.65 Å². The third-order valence-electron chi connectivity index (χ3n) is 5.14. The molecule has 0 aliphatic heterocycles. The van der Waals surface area contributed by atoms with Crippen molar-refractivity contribution in [3.63, 3.8) is 0 Å². The van der Waals surface area contributed by atoms with Crippen molar-refractivity contribution in [3.8, 4) is 0 Å². The number of nitrogens with one attached hydrogen (secondary N) is 1. The molecule has 0 saturated heterocycles. The Kier molecular flexibility index (Phi) is 5.56. The predicted octanol–water partition coefficient (Wildman–Crippen LogP) is 4.28. The molecule has 1 N–H and O–H groups in total. The van der Waals surface area contributed by atoms with Gasteiger partial charge in [-0.1, -0.05) is 22.6 Å². The van der Waals surface area contributed by atoms with Gasteiger partial charge in [0.1, 0.15) is 6.33 Å². The molecule has 1 saturated carbocycles.